The molecule has 0 fully saturated rings. The molecule has 2 aromatic rings. The summed E-state index contributed by atoms with van der Waals surface area (Å²) in [5.41, 5.74) is 1.90. The van der Waals surface area contributed by atoms with E-state index in [9.17, 15) is 9.90 Å². The highest BCUT2D eigenvalue weighted by molar-refractivity contribution is 6.31. The maximum atomic E-state index is 12.0. The molecule has 0 aliphatic rings. The van der Waals surface area contributed by atoms with E-state index in [1.54, 1.807) is 0 Å². The van der Waals surface area contributed by atoms with Gasteiger partial charge in [-0.2, -0.15) is 0 Å². The molecule has 1 aromatic carbocycles. The van der Waals surface area contributed by atoms with Crippen LogP contribution in [0.1, 0.15) is 25.8 Å². The normalized spacial score (nSPS) is 12.8. The van der Waals surface area contributed by atoms with Gasteiger partial charge in [-0.15, -0.1) is 0 Å². The first-order valence-corrected chi connectivity index (χ1v) is 7.55. The Balaban J connectivity index is 1.91. The van der Waals surface area contributed by atoms with Gasteiger partial charge in [-0.05, 0) is 36.1 Å². The molecule has 114 valence electrons. The van der Waals surface area contributed by atoms with Crippen molar-refractivity contribution in [1.29, 1.82) is 0 Å². The number of fused-ring (bicyclic) bond motifs is 1. The maximum absolute atomic E-state index is 12.0. The molecule has 1 atom stereocenters. The second kappa shape index (κ2) is 6.96. The van der Waals surface area contributed by atoms with Crippen LogP contribution in [-0.2, 0) is 11.2 Å². The Labute approximate surface area is 129 Å². The molecule has 1 unspecified atom stereocenters. The molecule has 1 aromatic heterocycles. The molecule has 21 heavy (non-hydrogen) atoms. The number of nitrogens with one attached hydrogen (secondary N) is 2. The van der Waals surface area contributed by atoms with Gasteiger partial charge >= 0.3 is 0 Å². The first-order chi connectivity index (χ1) is 9.97. The van der Waals surface area contributed by atoms with E-state index in [2.05, 4.69) is 10.3 Å². The summed E-state index contributed by atoms with van der Waals surface area (Å²) in [6.07, 6.45) is 2.34. The van der Waals surface area contributed by atoms with Gasteiger partial charge in [0.25, 0.3) is 0 Å². The van der Waals surface area contributed by atoms with Gasteiger partial charge in [0.1, 0.15) is 0 Å². The average Bonchev–Trinajstić information content (AvgIpc) is 2.81. The van der Waals surface area contributed by atoms with E-state index in [4.69, 9.17) is 11.6 Å². The minimum atomic E-state index is -0.378. The molecule has 3 N–H and O–H groups in total. The highest BCUT2D eigenvalue weighted by Crippen LogP contribution is 2.22. The zero-order valence-corrected chi connectivity index (χ0v) is 13.1. The third-order valence-electron chi connectivity index (χ3n) is 3.61. The maximum Gasteiger partial charge on any atom is 0.224 e. The molecule has 5 heteroatoms. The van der Waals surface area contributed by atoms with E-state index in [1.807, 2.05) is 38.2 Å². The van der Waals surface area contributed by atoms with E-state index in [-0.39, 0.29) is 17.9 Å². The fraction of sp³-hybridized carbons (Fsp3) is 0.438. The standard InChI is InChI=1S/C16H21ClN2O2/c1-10(2)15(20)5-6-18-16(21)7-11-9-19-14-4-3-12(17)8-13(11)14/h3-4,8-10,15,19-20H,5-7H2,1-2H3,(H,18,21). The topological polar surface area (TPSA) is 65.1 Å². The lowest BCUT2D eigenvalue weighted by atomic mass is 10.0. The lowest BCUT2D eigenvalue weighted by molar-refractivity contribution is -0.120. The van der Waals surface area contributed by atoms with Crippen molar-refractivity contribution in [2.45, 2.75) is 32.8 Å². The quantitative estimate of drug-likeness (QED) is 0.768. The molecular formula is C16H21ClN2O2. The number of carbonyl (C=O) groups is 1. The van der Waals surface area contributed by atoms with E-state index in [1.165, 1.54) is 0 Å². The second-order valence-electron chi connectivity index (χ2n) is 5.63. The smallest absolute Gasteiger partial charge is 0.224 e. The van der Waals surface area contributed by atoms with Crippen molar-refractivity contribution in [2.24, 2.45) is 5.92 Å². The molecule has 1 heterocycles. The van der Waals surface area contributed by atoms with Crippen LogP contribution in [0.4, 0.5) is 0 Å². The van der Waals surface area contributed by atoms with E-state index in [0.717, 1.165) is 16.5 Å². The molecule has 0 spiro atoms. The Morgan fingerprint density at radius 2 is 2.19 bits per heavy atom. The van der Waals surface area contributed by atoms with Crippen LogP contribution in [0.3, 0.4) is 0 Å². The Bertz CT molecular complexity index is 622. The fourth-order valence-corrected chi connectivity index (χ4v) is 2.40. The molecule has 0 bridgehead atoms. The molecular weight excluding hydrogens is 288 g/mol. The molecule has 0 aliphatic heterocycles. The zero-order chi connectivity index (χ0) is 15.4. The van der Waals surface area contributed by atoms with Gasteiger partial charge in [-0.3, -0.25) is 4.79 Å². The van der Waals surface area contributed by atoms with Crippen LogP contribution in [-0.4, -0.2) is 28.6 Å². The number of H-pyrrole nitrogens is 1. The monoisotopic (exact) mass is 308 g/mol. The van der Waals surface area contributed by atoms with Crippen LogP contribution in [0.25, 0.3) is 10.9 Å². The Kier molecular flexibility index (Phi) is 5.26. The van der Waals surface area contributed by atoms with Crippen molar-refractivity contribution in [1.82, 2.24) is 10.3 Å². The highest BCUT2D eigenvalue weighted by Gasteiger charge is 2.11. The zero-order valence-electron chi connectivity index (χ0n) is 12.3. The van der Waals surface area contributed by atoms with Crippen LogP contribution < -0.4 is 5.32 Å². The van der Waals surface area contributed by atoms with Crippen molar-refractivity contribution < 1.29 is 9.90 Å². The van der Waals surface area contributed by atoms with E-state index < -0.39 is 0 Å². The number of aliphatic hydroxyl groups excluding tert-OH is 1. The summed E-state index contributed by atoms with van der Waals surface area (Å²) >= 11 is 5.99. The third-order valence-corrected chi connectivity index (χ3v) is 3.85. The molecule has 0 saturated carbocycles. The van der Waals surface area contributed by atoms with Gasteiger partial charge in [0.2, 0.25) is 5.91 Å². The van der Waals surface area contributed by atoms with Gasteiger partial charge in [0, 0.05) is 28.7 Å². The molecule has 4 nitrogen and oxygen atoms in total. The predicted molar refractivity (Wildman–Crippen MR) is 85.5 cm³/mol. The van der Waals surface area contributed by atoms with Crippen LogP contribution in [0.5, 0.6) is 0 Å². The lowest BCUT2D eigenvalue weighted by Crippen LogP contribution is -2.29. The van der Waals surface area contributed by atoms with Gasteiger partial charge in [0.05, 0.1) is 12.5 Å². The minimum absolute atomic E-state index is 0.0492. The summed E-state index contributed by atoms with van der Waals surface area (Å²) in [5.74, 6) is 0.157. The number of halogens is 1. The lowest BCUT2D eigenvalue weighted by Gasteiger charge is -2.14. The highest BCUT2D eigenvalue weighted by atomic mass is 35.5. The van der Waals surface area contributed by atoms with Crippen LogP contribution >= 0.6 is 11.6 Å². The number of carbonyl (C=O) groups excluding carboxylic acids is 1. The Hall–Kier alpha value is -1.52. The van der Waals surface area contributed by atoms with Crippen molar-refractivity contribution >= 4 is 28.4 Å². The average molecular weight is 309 g/mol. The van der Waals surface area contributed by atoms with Gasteiger partial charge in [-0.25, -0.2) is 0 Å². The number of aliphatic hydroxyl groups is 1. The van der Waals surface area contributed by atoms with Crippen molar-refractivity contribution in [3.63, 3.8) is 0 Å². The predicted octanol–water partition coefficient (Wildman–Crippen LogP) is 2.89. The number of benzene rings is 1. The number of hydrogen-bond acceptors (Lipinski definition) is 2. The number of aromatic amines is 1. The van der Waals surface area contributed by atoms with Crippen LogP contribution in [0.15, 0.2) is 24.4 Å². The first kappa shape index (κ1) is 15.9. The van der Waals surface area contributed by atoms with E-state index >= 15 is 0 Å². The van der Waals surface area contributed by atoms with E-state index in [0.29, 0.717) is 24.4 Å². The van der Waals surface area contributed by atoms with Crippen molar-refractivity contribution in [2.75, 3.05) is 6.54 Å². The summed E-state index contributed by atoms with van der Waals surface area (Å²) in [5, 5.41) is 14.2. The Morgan fingerprint density at radius 1 is 1.43 bits per heavy atom. The molecule has 0 saturated heterocycles. The summed E-state index contributed by atoms with van der Waals surface area (Å²) in [4.78, 5) is 15.1. The van der Waals surface area contributed by atoms with Crippen LogP contribution in [0, 0.1) is 5.92 Å². The van der Waals surface area contributed by atoms with Gasteiger partial charge in [0.15, 0.2) is 0 Å². The third kappa shape index (κ3) is 4.22. The van der Waals surface area contributed by atoms with Crippen molar-refractivity contribution in [3.05, 3.63) is 35.0 Å². The number of hydrogen-bond donors (Lipinski definition) is 3. The summed E-state index contributed by atoms with van der Waals surface area (Å²) in [6, 6.07) is 5.58. The number of aromatic nitrogens is 1. The second-order valence-corrected chi connectivity index (χ2v) is 6.07. The van der Waals surface area contributed by atoms with Gasteiger partial charge in [-0.1, -0.05) is 25.4 Å². The molecule has 2 rings (SSSR count). The van der Waals surface area contributed by atoms with Gasteiger partial charge < -0.3 is 15.4 Å². The first-order valence-electron chi connectivity index (χ1n) is 7.17. The Morgan fingerprint density at radius 3 is 2.90 bits per heavy atom. The summed E-state index contributed by atoms with van der Waals surface area (Å²) < 4.78 is 0. The largest absolute Gasteiger partial charge is 0.393 e. The molecule has 1 amide bonds. The van der Waals surface area contributed by atoms with Crippen LogP contribution in [0.2, 0.25) is 5.02 Å². The SMILES string of the molecule is CC(C)C(O)CCNC(=O)Cc1c[nH]c2ccc(Cl)cc12. The summed E-state index contributed by atoms with van der Waals surface area (Å²) in [7, 11) is 0. The molecule has 0 aliphatic carbocycles. The fourth-order valence-electron chi connectivity index (χ4n) is 2.23. The number of rotatable bonds is 6. The molecule has 0 radical (unpaired) electrons. The minimum Gasteiger partial charge on any atom is -0.393 e. The van der Waals surface area contributed by atoms with Crippen molar-refractivity contribution in [3.8, 4) is 0 Å². The number of amides is 1. The summed E-state index contributed by atoms with van der Waals surface area (Å²) in [6.45, 7) is 4.41.